The number of aliphatic hydroxyl groups is 1. The molecule has 3 aliphatic rings. The van der Waals surface area contributed by atoms with Crippen molar-refractivity contribution in [2.75, 3.05) is 24.5 Å². The lowest BCUT2D eigenvalue weighted by atomic mass is 9.78. The molecule has 2 aliphatic heterocycles. The van der Waals surface area contributed by atoms with Crippen LogP contribution in [-0.2, 0) is 4.79 Å². The third-order valence-corrected chi connectivity index (χ3v) is 6.75. The maximum atomic E-state index is 13.4. The molecule has 0 radical (unpaired) electrons. The molecule has 2 saturated heterocycles. The molecule has 1 aromatic rings. The van der Waals surface area contributed by atoms with Gasteiger partial charge in [0.05, 0.1) is 22.8 Å². The minimum atomic E-state index is -0.294. The monoisotopic (exact) mass is 368 g/mol. The number of aromatic nitrogens is 1. The third kappa shape index (κ3) is 3.29. The second kappa shape index (κ2) is 7.12. The Balaban J connectivity index is 1.50. The van der Waals surface area contributed by atoms with E-state index in [9.17, 15) is 9.90 Å². The molecule has 3 fully saturated rings. The Morgan fingerprint density at radius 3 is 2.70 bits per heavy atom. The van der Waals surface area contributed by atoms with Crippen LogP contribution in [0.25, 0.3) is 0 Å². The number of anilines is 1. The molecule has 0 aromatic carbocycles. The standard InChI is InChI=1S/C21H28N4O2/c1-15-16(13-22)3-8-19(23-15)24-11-2-9-21(14-24)10-12-25(20(21)27)17-4-6-18(26)7-5-17/h3,8,17-18,26H,2,4-7,9-12,14H2,1H3/t17-,18+,21?. The van der Waals surface area contributed by atoms with Crippen LogP contribution in [0.4, 0.5) is 5.82 Å². The molecule has 4 rings (SSSR count). The van der Waals surface area contributed by atoms with Crippen LogP contribution in [0, 0.1) is 23.7 Å². The third-order valence-electron chi connectivity index (χ3n) is 6.75. The van der Waals surface area contributed by atoms with Crippen LogP contribution in [-0.4, -0.2) is 52.7 Å². The number of nitriles is 1. The highest BCUT2D eigenvalue weighted by atomic mass is 16.3. The topological polar surface area (TPSA) is 80.5 Å². The Labute approximate surface area is 160 Å². The van der Waals surface area contributed by atoms with E-state index in [0.29, 0.717) is 17.5 Å². The van der Waals surface area contributed by atoms with Crippen molar-refractivity contribution in [3.8, 4) is 6.07 Å². The van der Waals surface area contributed by atoms with Crippen LogP contribution < -0.4 is 4.90 Å². The molecule has 1 aliphatic carbocycles. The molecule has 1 N–H and O–H groups in total. The number of carbonyl (C=O) groups is 1. The highest BCUT2D eigenvalue weighted by Crippen LogP contribution is 2.43. The number of carbonyl (C=O) groups excluding carboxylic acids is 1. The zero-order chi connectivity index (χ0) is 19.0. The SMILES string of the molecule is Cc1nc(N2CCCC3(CCN([C@H]4CC[C@@H](O)CC4)C3=O)C2)ccc1C#N. The molecule has 6 heteroatoms. The van der Waals surface area contributed by atoms with Crippen LogP contribution in [0.1, 0.15) is 56.2 Å². The first-order valence-corrected chi connectivity index (χ1v) is 10.1. The number of piperidine rings is 1. The molecule has 1 atom stereocenters. The van der Waals surface area contributed by atoms with E-state index < -0.39 is 0 Å². The minimum Gasteiger partial charge on any atom is -0.393 e. The Bertz CT molecular complexity index is 766. The maximum absolute atomic E-state index is 13.4. The Kier molecular flexibility index (Phi) is 4.81. The fourth-order valence-corrected chi connectivity index (χ4v) is 5.11. The van der Waals surface area contributed by atoms with E-state index in [1.807, 2.05) is 19.1 Å². The zero-order valence-electron chi connectivity index (χ0n) is 16.0. The van der Waals surface area contributed by atoms with Gasteiger partial charge in [0.2, 0.25) is 5.91 Å². The normalized spacial score (nSPS) is 31.4. The van der Waals surface area contributed by atoms with E-state index in [2.05, 4.69) is 20.9 Å². The predicted octanol–water partition coefficient (Wildman–Crippen LogP) is 2.38. The number of nitrogens with zero attached hydrogens (tertiary/aromatic N) is 4. The Morgan fingerprint density at radius 1 is 1.22 bits per heavy atom. The van der Waals surface area contributed by atoms with Gasteiger partial charge in [0, 0.05) is 25.7 Å². The van der Waals surface area contributed by atoms with Gasteiger partial charge in [-0.2, -0.15) is 5.26 Å². The fourth-order valence-electron chi connectivity index (χ4n) is 5.11. The lowest BCUT2D eigenvalue weighted by Crippen LogP contribution is -2.50. The number of likely N-dealkylation sites (tertiary alicyclic amines) is 1. The zero-order valence-corrected chi connectivity index (χ0v) is 16.0. The highest BCUT2D eigenvalue weighted by Gasteiger charge is 2.50. The molecule has 0 bridgehead atoms. The highest BCUT2D eigenvalue weighted by molar-refractivity contribution is 5.86. The van der Waals surface area contributed by atoms with Crippen LogP contribution in [0.2, 0.25) is 0 Å². The van der Waals surface area contributed by atoms with Crippen molar-refractivity contribution >= 4 is 11.7 Å². The van der Waals surface area contributed by atoms with E-state index >= 15 is 0 Å². The van der Waals surface area contributed by atoms with E-state index in [1.54, 1.807) is 0 Å². The summed E-state index contributed by atoms with van der Waals surface area (Å²) < 4.78 is 0. The number of aryl methyl sites for hydroxylation is 1. The van der Waals surface area contributed by atoms with Gasteiger partial charge in [-0.25, -0.2) is 4.98 Å². The summed E-state index contributed by atoms with van der Waals surface area (Å²) >= 11 is 0. The van der Waals surface area contributed by atoms with E-state index in [0.717, 1.165) is 76.1 Å². The summed E-state index contributed by atoms with van der Waals surface area (Å²) in [5.74, 6) is 1.18. The van der Waals surface area contributed by atoms with Crippen molar-refractivity contribution in [3.05, 3.63) is 23.4 Å². The molecule has 1 unspecified atom stereocenters. The molecule has 1 amide bonds. The average molecular weight is 368 g/mol. The molecule has 27 heavy (non-hydrogen) atoms. The Morgan fingerprint density at radius 2 is 2.00 bits per heavy atom. The maximum Gasteiger partial charge on any atom is 0.230 e. The van der Waals surface area contributed by atoms with Crippen LogP contribution >= 0.6 is 0 Å². The Hall–Kier alpha value is -2.13. The number of hydrogen-bond acceptors (Lipinski definition) is 5. The second-order valence-corrected chi connectivity index (χ2v) is 8.43. The van der Waals surface area contributed by atoms with Crippen LogP contribution in [0.5, 0.6) is 0 Å². The summed E-state index contributed by atoms with van der Waals surface area (Å²) in [6, 6.07) is 6.20. The number of rotatable bonds is 2. The van der Waals surface area contributed by atoms with Crippen molar-refractivity contribution in [3.63, 3.8) is 0 Å². The van der Waals surface area contributed by atoms with Crippen LogP contribution in [0.3, 0.4) is 0 Å². The quantitative estimate of drug-likeness (QED) is 0.867. The first-order valence-electron chi connectivity index (χ1n) is 10.1. The van der Waals surface area contributed by atoms with Gasteiger partial charge in [-0.3, -0.25) is 4.79 Å². The lowest BCUT2D eigenvalue weighted by molar-refractivity contribution is -0.139. The van der Waals surface area contributed by atoms with Gasteiger partial charge in [-0.05, 0) is 64.0 Å². The smallest absolute Gasteiger partial charge is 0.230 e. The van der Waals surface area contributed by atoms with E-state index in [-0.39, 0.29) is 11.5 Å². The average Bonchev–Trinajstić information content (AvgIpc) is 2.98. The van der Waals surface area contributed by atoms with Crippen molar-refractivity contribution in [1.82, 2.24) is 9.88 Å². The van der Waals surface area contributed by atoms with Crippen molar-refractivity contribution in [2.24, 2.45) is 5.41 Å². The van der Waals surface area contributed by atoms with Gasteiger partial charge in [0.1, 0.15) is 11.9 Å². The largest absolute Gasteiger partial charge is 0.393 e. The number of amides is 1. The van der Waals surface area contributed by atoms with Crippen molar-refractivity contribution < 1.29 is 9.90 Å². The van der Waals surface area contributed by atoms with Crippen LogP contribution in [0.15, 0.2) is 12.1 Å². The number of aliphatic hydroxyl groups excluding tert-OH is 1. The van der Waals surface area contributed by atoms with Gasteiger partial charge in [-0.15, -0.1) is 0 Å². The second-order valence-electron chi connectivity index (χ2n) is 8.43. The molecule has 6 nitrogen and oxygen atoms in total. The molecular formula is C21H28N4O2. The summed E-state index contributed by atoms with van der Waals surface area (Å²) in [6.45, 7) is 4.33. The van der Waals surface area contributed by atoms with Gasteiger partial charge in [0.15, 0.2) is 0 Å². The van der Waals surface area contributed by atoms with E-state index in [1.165, 1.54) is 0 Å². The van der Waals surface area contributed by atoms with Gasteiger partial charge in [-0.1, -0.05) is 0 Å². The minimum absolute atomic E-state index is 0.191. The van der Waals surface area contributed by atoms with Gasteiger partial charge in [0.25, 0.3) is 0 Å². The summed E-state index contributed by atoms with van der Waals surface area (Å²) in [6.07, 6.45) is 6.11. The first kappa shape index (κ1) is 18.2. The summed E-state index contributed by atoms with van der Waals surface area (Å²) in [5, 5.41) is 18.9. The van der Waals surface area contributed by atoms with Gasteiger partial charge >= 0.3 is 0 Å². The molecule has 1 spiro atoms. The first-order chi connectivity index (χ1) is 13.0. The summed E-state index contributed by atoms with van der Waals surface area (Å²) in [7, 11) is 0. The van der Waals surface area contributed by atoms with E-state index in [4.69, 9.17) is 5.26 Å². The fraction of sp³-hybridized carbons (Fsp3) is 0.667. The number of hydrogen-bond donors (Lipinski definition) is 1. The summed E-state index contributed by atoms with van der Waals surface area (Å²) in [5.41, 5.74) is 1.06. The molecule has 3 heterocycles. The molecule has 1 saturated carbocycles. The van der Waals surface area contributed by atoms with Crippen molar-refractivity contribution in [1.29, 1.82) is 5.26 Å². The lowest BCUT2D eigenvalue weighted by Gasteiger charge is -2.41. The number of pyridine rings is 1. The summed E-state index contributed by atoms with van der Waals surface area (Å²) in [4.78, 5) is 22.3. The molecule has 1 aromatic heterocycles. The molecule has 144 valence electrons. The molecular weight excluding hydrogens is 340 g/mol. The van der Waals surface area contributed by atoms with Crippen molar-refractivity contribution in [2.45, 2.75) is 64.0 Å². The predicted molar refractivity (Wildman–Crippen MR) is 102 cm³/mol. The van der Waals surface area contributed by atoms with Gasteiger partial charge < -0.3 is 14.9 Å².